The molecule has 0 aromatic heterocycles. The van der Waals surface area contributed by atoms with Gasteiger partial charge in [-0.15, -0.1) is 0 Å². The molecule has 2 aromatic carbocycles. The van der Waals surface area contributed by atoms with Crippen LogP contribution in [0.15, 0.2) is 54.6 Å². The van der Waals surface area contributed by atoms with Crippen LogP contribution in [-0.4, -0.2) is 25.2 Å². The molecule has 138 valence electrons. The molecule has 0 N–H and O–H groups in total. The van der Waals surface area contributed by atoms with Crippen molar-refractivity contribution in [1.29, 1.82) is 0 Å². The standard InChI is InChI=1S/C22H26O4/c1-2-3-4-8-16-25-21(23)19-11-13-20(14-12-19)22(24)26-17-15-18-9-6-5-7-10-18/h5-7,9-14H,2-4,8,15-17H2,1H3. The zero-order valence-corrected chi connectivity index (χ0v) is 15.3. The van der Waals surface area contributed by atoms with Crippen LogP contribution in [0.5, 0.6) is 0 Å². The molecule has 0 saturated carbocycles. The zero-order chi connectivity index (χ0) is 18.6. The minimum absolute atomic E-state index is 0.324. The molecule has 2 rings (SSSR count). The van der Waals surface area contributed by atoms with Crippen molar-refractivity contribution in [1.82, 2.24) is 0 Å². The summed E-state index contributed by atoms with van der Waals surface area (Å²) in [7, 11) is 0. The van der Waals surface area contributed by atoms with Crippen LogP contribution >= 0.6 is 0 Å². The predicted octanol–water partition coefficient (Wildman–Crippen LogP) is 4.82. The summed E-state index contributed by atoms with van der Waals surface area (Å²) in [6.45, 7) is 2.90. The van der Waals surface area contributed by atoms with Crippen molar-refractivity contribution in [3.05, 3.63) is 71.3 Å². The van der Waals surface area contributed by atoms with E-state index < -0.39 is 0 Å². The quantitative estimate of drug-likeness (QED) is 0.453. The molecule has 0 aliphatic rings. The van der Waals surface area contributed by atoms with Crippen LogP contribution in [0.4, 0.5) is 0 Å². The Morgan fingerprint density at radius 1 is 0.731 bits per heavy atom. The summed E-state index contributed by atoms with van der Waals surface area (Å²) < 4.78 is 10.5. The van der Waals surface area contributed by atoms with E-state index in [1.165, 1.54) is 0 Å². The van der Waals surface area contributed by atoms with Crippen LogP contribution in [0, 0.1) is 0 Å². The molecule has 0 spiro atoms. The van der Waals surface area contributed by atoms with Gasteiger partial charge in [-0.3, -0.25) is 0 Å². The highest BCUT2D eigenvalue weighted by Gasteiger charge is 2.11. The van der Waals surface area contributed by atoms with Crippen molar-refractivity contribution >= 4 is 11.9 Å². The second-order valence-electron chi connectivity index (χ2n) is 6.15. The molecule has 26 heavy (non-hydrogen) atoms. The molecule has 0 unspecified atom stereocenters. The van der Waals surface area contributed by atoms with Crippen LogP contribution in [-0.2, 0) is 15.9 Å². The Morgan fingerprint density at radius 2 is 1.31 bits per heavy atom. The Morgan fingerprint density at radius 3 is 1.88 bits per heavy atom. The van der Waals surface area contributed by atoms with E-state index in [1.807, 2.05) is 30.3 Å². The first kappa shape index (κ1) is 19.7. The van der Waals surface area contributed by atoms with E-state index in [2.05, 4.69) is 6.92 Å². The van der Waals surface area contributed by atoms with Crippen molar-refractivity contribution in [3.8, 4) is 0 Å². The lowest BCUT2D eigenvalue weighted by molar-refractivity contribution is 0.0488. The summed E-state index contributed by atoms with van der Waals surface area (Å²) in [5.41, 5.74) is 2.00. The smallest absolute Gasteiger partial charge is 0.338 e. The number of hydrogen-bond acceptors (Lipinski definition) is 4. The van der Waals surface area contributed by atoms with E-state index in [-0.39, 0.29) is 11.9 Å². The normalized spacial score (nSPS) is 10.3. The monoisotopic (exact) mass is 354 g/mol. The molecule has 0 heterocycles. The first-order valence-electron chi connectivity index (χ1n) is 9.19. The predicted molar refractivity (Wildman–Crippen MR) is 101 cm³/mol. The van der Waals surface area contributed by atoms with Crippen molar-refractivity contribution in [2.75, 3.05) is 13.2 Å². The minimum Gasteiger partial charge on any atom is -0.462 e. The number of carbonyl (C=O) groups is 2. The first-order valence-corrected chi connectivity index (χ1v) is 9.19. The molecule has 4 nitrogen and oxygen atoms in total. The zero-order valence-electron chi connectivity index (χ0n) is 15.3. The molecule has 0 aliphatic carbocycles. The number of carbonyl (C=O) groups excluding carboxylic acids is 2. The van der Waals surface area contributed by atoms with Crippen LogP contribution in [0.25, 0.3) is 0 Å². The van der Waals surface area contributed by atoms with Gasteiger partial charge < -0.3 is 9.47 Å². The number of hydrogen-bond donors (Lipinski definition) is 0. The second kappa shape index (κ2) is 11.1. The Balaban J connectivity index is 1.75. The Labute approximate surface area is 155 Å². The minimum atomic E-state index is -0.389. The van der Waals surface area contributed by atoms with Gasteiger partial charge in [0.15, 0.2) is 0 Å². The Bertz CT molecular complexity index is 677. The third-order valence-corrected chi connectivity index (χ3v) is 4.05. The van der Waals surface area contributed by atoms with Gasteiger partial charge in [0.1, 0.15) is 0 Å². The topological polar surface area (TPSA) is 52.6 Å². The Hall–Kier alpha value is -2.62. The summed E-state index contributed by atoms with van der Waals surface area (Å²) >= 11 is 0. The molecule has 0 saturated heterocycles. The van der Waals surface area contributed by atoms with Crippen molar-refractivity contribution in [3.63, 3.8) is 0 Å². The summed E-state index contributed by atoms with van der Waals surface area (Å²) in [4.78, 5) is 24.0. The summed E-state index contributed by atoms with van der Waals surface area (Å²) in [5, 5.41) is 0. The third-order valence-electron chi connectivity index (χ3n) is 4.05. The molecule has 4 heteroatoms. The number of benzene rings is 2. The van der Waals surface area contributed by atoms with Crippen molar-refractivity contribution in [2.45, 2.75) is 39.0 Å². The van der Waals surface area contributed by atoms with Gasteiger partial charge in [-0.1, -0.05) is 56.5 Å². The van der Waals surface area contributed by atoms with Gasteiger partial charge in [-0.2, -0.15) is 0 Å². The van der Waals surface area contributed by atoms with Gasteiger partial charge in [-0.25, -0.2) is 9.59 Å². The van der Waals surface area contributed by atoms with E-state index in [9.17, 15) is 9.59 Å². The number of unbranched alkanes of at least 4 members (excludes halogenated alkanes) is 3. The number of esters is 2. The van der Waals surface area contributed by atoms with Gasteiger partial charge in [-0.05, 0) is 36.2 Å². The van der Waals surface area contributed by atoms with Crippen LogP contribution in [0.1, 0.15) is 58.9 Å². The van der Waals surface area contributed by atoms with Gasteiger partial charge in [0.2, 0.25) is 0 Å². The van der Waals surface area contributed by atoms with E-state index in [0.29, 0.717) is 30.8 Å². The SMILES string of the molecule is CCCCCCOC(=O)c1ccc(C(=O)OCCc2ccccc2)cc1. The highest BCUT2D eigenvalue weighted by atomic mass is 16.5. The fraction of sp³-hybridized carbons (Fsp3) is 0.364. The fourth-order valence-electron chi connectivity index (χ4n) is 2.51. The van der Waals surface area contributed by atoms with Crippen molar-refractivity contribution in [2.24, 2.45) is 0 Å². The lowest BCUT2D eigenvalue weighted by Gasteiger charge is -2.07. The van der Waals surface area contributed by atoms with Crippen molar-refractivity contribution < 1.29 is 19.1 Å². The highest BCUT2D eigenvalue weighted by Crippen LogP contribution is 2.09. The second-order valence-corrected chi connectivity index (χ2v) is 6.15. The maximum absolute atomic E-state index is 12.1. The summed E-state index contributed by atoms with van der Waals surface area (Å²) in [6.07, 6.45) is 4.92. The van der Waals surface area contributed by atoms with Gasteiger partial charge in [0, 0.05) is 6.42 Å². The molecule has 0 bridgehead atoms. The first-order chi connectivity index (χ1) is 12.7. The lowest BCUT2D eigenvalue weighted by atomic mass is 10.1. The third kappa shape index (κ3) is 6.71. The number of ether oxygens (including phenoxy) is 2. The maximum atomic E-state index is 12.1. The Kier molecular flexibility index (Phi) is 8.40. The average Bonchev–Trinajstić information content (AvgIpc) is 2.68. The van der Waals surface area contributed by atoms with Gasteiger partial charge in [0.05, 0.1) is 24.3 Å². The van der Waals surface area contributed by atoms with E-state index in [1.54, 1.807) is 24.3 Å². The molecule has 0 radical (unpaired) electrons. The van der Waals surface area contributed by atoms with E-state index >= 15 is 0 Å². The largest absolute Gasteiger partial charge is 0.462 e. The van der Waals surface area contributed by atoms with Crippen LogP contribution < -0.4 is 0 Å². The van der Waals surface area contributed by atoms with E-state index in [4.69, 9.17) is 9.47 Å². The molecule has 2 aromatic rings. The molecule has 0 atom stereocenters. The molecule has 0 fully saturated rings. The highest BCUT2D eigenvalue weighted by molar-refractivity contribution is 5.93. The molecular weight excluding hydrogens is 328 g/mol. The molecule has 0 amide bonds. The average molecular weight is 354 g/mol. The molecule has 0 aliphatic heterocycles. The molecular formula is C22H26O4. The lowest BCUT2D eigenvalue weighted by Crippen LogP contribution is -2.10. The van der Waals surface area contributed by atoms with Gasteiger partial charge in [0.25, 0.3) is 0 Å². The van der Waals surface area contributed by atoms with Crippen LogP contribution in [0.2, 0.25) is 0 Å². The van der Waals surface area contributed by atoms with Crippen LogP contribution in [0.3, 0.4) is 0 Å². The fourth-order valence-corrected chi connectivity index (χ4v) is 2.51. The maximum Gasteiger partial charge on any atom is 0.338 e. The summed E-state index contributed by atoms with van der Waals surface area (Å²) in [6, 6.07) is 16.2. The number of rotatable bonds is 10. The van der Waals surface area contributed by atoms with Gasteiger partial charge >= 0.3 is 11.9 Å². The summed E-state index contributed by atoms with van der Waals surface area (Å²) in [5.74, 6) is -0.745. The van der Waals surface area contributed by atoms with E-state index in [0.717, 1.165) is 31.2 Å².